The van der Waals surface area contributed by atoms with Crippen LogP contribution in [0.1, 0.15) is 102 Å². The molecule has 0 aliphatic carbocycles. The summed E-state index contributed by atoms with van der Waals surface area (Å²) in [5.41, 5.74) is 1.22. The van der Waals surface area contributed by atoms with Crippen molar-refractivity contribution in [3.8, 4) is 0 Å². The highest BCUT2D eigenvalue weighted by Crippen LogP contribution is 2.11. The number of esters is 1. The summed E-state index contributed by atoms with van der Waals surface area (Å²) >= 11 is 0. The van der Waals surface area contributed by atoms with E-state index < -0.39 is 0 Å². The number of hydrogen-bond donors (Lipinski definition) is 0. The van der Waals surface area contributed by atoms with Crippen molar-refractivity contribution < 1.29 is 9.53 Å². The second-order valence-corrected chi connectivity index (χ2v) is 7.79. The standard InChI is InChI=1S/C26H42O2/c1-2-3-4-5-6-7-8-9-10-11-12-13-14-15-19-22-26(27)28-24-23-25-20-17-16-18-21-25/h12-13,16-18,20-21H,2-11,14-15,19,22-24H2,1H3/b13-12+. The van der Waals surface area contributed by atoms with Crippen LogP contribution in [-0.2, 0) is 16.0 Å². The van der Waals surface area contributed by atoms with E-state index >= 15 is 0 Å². The summed E-state index contributed by atoms with van der Waals surface area (Å²) in [5.74, 6) is -0.0606. The summed E-state index contributed by atoms with van der Waals surface area (Å²) < 4.78 is 5.31. The fraction of sp³-hybridized carbons (Fsp3) is 0.654. The van der Waals surface area contributed by atoms with Crippen LogP contribution in [0.25, 0.3) is 0 Å². The minimum atomic E-state index is -0.0606. The van der Waals surface area contributed by atoms with Gasteiger partial charge in [-0.3, -0.25) is 4.79 Å². The Morgan fingerprint density at radius 1 is 0.786 bits per heavy atom. The Morgan fingerprint density at radius 2 is 1.36 bits per heavy atom. The molecule has 0 radical (unpaired) electrons. The number of rotatable bonds is 18. The Bertz CT molecular complexity index is 492. The van der Waals surface area contributed by atoms with Crippen LogP contribution in [0.3, 0.4) is 0 Å². The van der Waals surface area contributed by atoms with E-state index in [1.807, 2.05) is 18.2 Å². The zero-order chi connectivity index (χ0) is 20.1. The molecule has 1 aromatic carbocycles. The van der Waals surface area contributed by atoms with E-state index in [1.165, 1.54) is 69.8 Å². The zero-order valence-corrected chi connectivity index (χ0v) is 18.2. The highest BCUT2D eigenvalue weighted by molar-refractivity contribution is 5.69. The van der Waals surface area contributed by atoms with Crippen molar-refractivity contribution in [1.29, 1.82) is 0 Å². The van der Waals surface area contributed by atoms with Gasteiger partial charge in [-0.15, -0.1) is 0 Å². The van der Waals surface area contributed by atoms with E-state index in [-0.39, 0.29) is 5.97 Å². The molecule has 1 aromatic rings. The van der Waals surface area contributed by atoms with Gasteiger partial charge in [0.1, 0.15) is 0 Å². The molecule has 0 atom stereocenters. The normalized spacial score (nSPS) is 11.2. The van der Waals surface area contributed by atoms with E-state index in [1.54, 1.807) is 0 Å². The molecular formula is C26H42O2. The number of allylic oxidation sites excluding steroid dienone is 2. The van der Waals surface area contributed by atoms with Gasteiger partial charge in [0.25, 0.3) is 0 Å². The summed E-state index contributed by atoms with van der Waals surface area (Å²) in [4.78, 5) is 11.7. The second-order valence-electron chi connectivity index (χ2n) is 7.79. The van der Waals surface area contributed by atoms with Gasteiger partial charge in [-0.2, -0.15) is 0 Å². The van der Waals surface area contributed by atoms with Gasteiger partial charge in [0, 0.05) is 12.8 Å². The van der Waals surface area contributed by atoms with E-state index in [4.69, 9.17) is 4.74 Å². The number of carbonyl (C=O) groups is 1. The smallest absolute Gasteiger partial charge is 0.305 e. The first-order chi connectivity index (χ1) is 13.8. The quantitative estimate of drug-likeness (QED) is 0.146. The first-order valence-electron chi connectivity index (χ1n) is 11.7. The number of hydrogen-bond acceptors (Lipinski definition) is 2. The third kappa shape index (κ3) is 15.5. The minimum Gasteiger partial charge on any atom is -0.465 e. The van der Waals surface area contributed by atoms with Crippen LogP contribution < -0.4 is 0 Å². The molecule has 0 heterocycles. The molecule has 0 N–H and O–H groups in total. The fourth-order valence-corrected chi connectivity index (χ4v) is 3.34. The number of benzene rings is 1. The molecule has 28 heavy (non-hydrogen) atoms. The van der Waals surface area contributed by atoms with Crippen molar-refractivity contribution in [2.45, 2.75) is 103 Å². The topological polar surface area (TPSA) is 26.3 Å². The molecule has 0 aromatic heterocycles. The van der Waals surface area contributed by atoms with E-state index in [0.29, 0.717) is 13.0 Å². The van der Waals surface area contributed by atoms with Gasteiger partial charge in [0.2, 0.25) is 0 Å². The van der Waals surface area contributed by atoms with E-state index in [9.17, 15) is 4.79 Å². The van der Waals surface area contributed by atoms with Crippen molar-refractivity contribution in [2.24, 2.45) is 0 Å². The molecule has 0 amide bonds. The lowest BCUT2D eigenvalue weighted by atomic mass is 10.1. The van der Waals surface area contributed by atoms with Gasteiger partial charge in [-0.1, -0.05) is 101 Å². The summed E-state index contributed by atoms with van der Waals surface area (Å²) in [6, 6.07) is 10.2. The third-order valence-corrected chi connectivity index (χ3v) is 5.14. The number of ether oxygens (including phenoxy) is 1. The first kappa shape index (κ1) is 24.5. The molecule has 0 fully saturated rings. The Kier molecular flexibility index (Phi) is 16.4. The van der Waals surface area contributed by atoms with Crippen LogP contribution in [0.4, 0.5) is 0 Å². The second kappa shape index (κ2) is 18.8. The van der Waals surface area contributed by atoms with Crippen LogP contribution in [0, 0.1) is 0 Å². The van der Waals surface area contributed by atoms with Gasteiger partial charge >= 0.3 is 5.97 Å². The molecule has 0 spiro atoms. The summed E-state index contributed by atoms with van der Waals surface area (Å²) in [6.45, 7) is 2.76. The lowest BCUT2D eigenvalue weighted by Crippen LogP contribution is -2.07. The predicted molar refractivity (Wildman–Crippen MR) is 121 cm³/mol. The Hall–Kier alpha value is -1.57. The molecule has 2 nitrogen and oxygen atoms in total. The van der Waals surface area contributed by atoms with Crippen molar-refractivity contribution in [1.82, 2.24) is 0 Å². The molecule has 0 bridgehead atoms. The Balaban J connectivity index is 1.81. The molecule has 0 saturated heterocycles. The van der Waals surface area contributed by atoms with Gasteiger partial charge in [-0.25, -0.2) is 0 Å². The highest BCUT2D eigenvalue weighted by Gasteiger charge is 2.02. The van der Waals surface area contributed by atoms with Crippen molar-refractivity contribution >= 4 is 5.97 Å². The van der Waals surface area contributed by atoms with Crippen LogP contribution in [0.5, 0.6) is 0 Å². The maximum atomic E-state index is 11.7. The van der Waals surface area contributed by atoms with Crippen LogP contribution >= 0.6 is 0 Å². The largest absolute Gasteiger partial charge is 0.465 e. The maximum absolute atomic E-state index is 11.7. The molecule has 0 unspecified atom stereocenters. The SMILES string of the molecule is CCCCCCCCCCC/C=C/CCCCC(=O)OCCc1ccccc1. The van der Waals surface area contributed by atoms with Crippen molar-refractivity contribution in [3.63, 3.8) is 0 Å². The average molecular weight is 387 g/mol. The molecule has 0 aliphatic rings. The lowest BCUT2D eigenvalue weighted by Gasteiger charge is -2.04. The predicted octanol–water partition coefficient (Wildman–Crippen LogP) is 7.81. The van der Waals surface area contributed by atoms with Crippen LogP contribution in [0.15, 0.2) is 42.5 Å². The van der Waals surface area contributed by atoms with Gasteiger partial charge < -0.3 is 4.74 Å². The summed E-state index contributed by atoms with van der Waals surface area (Å²) in [5, 5.41) is 0. The minimum absolute atomic E-state index is 0.0606. The highest BCUT2D eigenvalue weighted by atomic mass is 16.5. The molecular weight excluding hydrogens is 344 g/mol. The van der Waals surface area contributed by atoms with Crippen LogP contribution in [0.2, 0.25) is 0 Å². The molecule has 0 saturated carbocycles. The number of carbonyl (C=O) groups excluding carboxylic acids is 1. The lowest BCUT2D eigenvalue weighted by molar-refractivity contribution is -0.143. The maximum Gasteiger partial charge on any atom is 0.305 e. The van der Waals surface area contributed by atoms with Gasteiger partial charge in [0.05, 0.1) is 6.61 Å². The van der Waals surface area contributed by atoms with E-state index in [0.717, 1.165) is 25.7 Å². The number of unbranched alkanes of at least 4 members (excludes halogenated alkanes) is 11. The van der Waals surface area contributed by atoms with Gasteiger partial charge in [0.15, 0.2) is 0 Å². The third-order valence-electron chi connectivity index (χ3n) is 5.14. The molecule has 2 heteroatoms. The monoisotopic (exact) mass is 386 g/mol. The van der Waals surface area contributed by atoms with Crippen LogP contribution in [-0.4, -0.2) is 12.6 Å². The fourth-order valence-electron chi connectivity index (χ4n) is 3.34. The zero-order valence-electron chi connectivity index (χ0n) is 18.2. The van der Waals surface area contributed by atoms with Crippen molar-refractivity contribution in [2.75, 3.05) is 6.61 Å². The average Bonchev–Trinajstić information content (AvgIpc) is 2.71. The summed E-state index contributed by atoms with van der Waals surface area (Å²) in [6.07, 6.45) is 22.7. The Labute approximate surface area is 173 Å². The molecule has 0 aliphatic heterocycles. The van der Waals surface area contributed by atoms with Crippen molar-refractivity contribution in [3.05, 3.63) is 48.0 Å². The van der Waals surface area contributed by atoms with Gasteiger partial charge in [-0.05, 0) is 37.7 Å². The molecule has 1 rings (SSSR count). The summed E-state index contributed by atoms with van der Waals surface area (Å²) in [7, 11) is 0. The van der Waals surface area contributed by atoms with E-state index in [2.05, 4.69) is 31.2 Å². The Morgan fingerprint density at radius 3 is 2.00 bits per heavy atom. The molecule has 158 valence electrons. The first-order valence-corrected chi connectivity index (χ1v) is 11.7.